The first-order chi connectivity index (χ1) is 3.41. The summed E-state index contributed by atoms with van der Waals surface area (Å²) in [7, 11) is -4.67. The van der Waals surface area contributed by atoms with E-state index < -0.39 is 10.4 Å². The Kier molecular flexibility index (Phi) is 6.80. The van der Waals surface area contributed by atoms with Crippen LogP contribution in [0.2, 0.25) is 0 Å². The molecule has 0 rings (SSSR count). The smallest absolute Gasteiger partial charge is 0.291 e. The van der Waals surface area contributed by atoms with E-state index in [0.29, 0.717) is 5.62 Å². The van der Waals surface area contributed by atoms with Gasteiger partial charge in [0.15, 0.2) is 5.62 Å². The van der Waals surface area contributed by atoms with Crippen LogP contribution in [0.15, 0.2) is 0 Å². The number of carbonyl (C=O) groups is 1. The van der Waals surface area contributed by atoms with Gasteiger partial charge in [0.05, 0.1) is 0 Å². The lowest BCUT2D eigenvalue weighted by atomic mass is 11.8. The van der Waals surface area contributed by atoms with E-state index >= 15 is 0 Å². The molecule has 8 heavy (non-hydrogen) atoms. The molecule has 0 aromatic carbocycles. The molecule has 0 aliphatic carbocycles. The molecule has 0 radical (unpaired) electrons. The molecule has 0 bridgehead atoms. The first-order valence-corrected chi connectivity index (χ1v) is 3.11. The summed E-state index contributed by atoms with van der Waals surface area (Å²) >= 11 is 3.11. The van der Waals surface area contributed by atoms with Gasteiger partial charge in [0, 0.05) is 0 Å². The van der Waals surface area contributed by atoms with Gasteiger partial charge in [-0.2, -0.15) is 8.42 Å². The number of rotatable bonds is 0. The van der Waals surface area contributed by atoms with Gasteiger partial charge in [-0.3, -0.25) is 13.9 Å². The summed E-state index contributed by atoms with van der Waals surface area (Å²) in [5, 5.41) is 0. The van der Waals surface area contributed by atoms with Crippen LogP contribution in [0.4, 0.5) is 0 Å². The van der Waals surface area contributed by atoms with E-state index in [2.05, 4.69) is 12.6 Å². The van der Waals surface area contributed by atoms with E-state index in [9.17, 15) is 0 Å². The van der Waals surface area contributed by atoms with Crippen LogP contribution in [0.1, 0.15) is 0 Å². The van der Waals surface area contributed by atoms with Crippen LogP contribution in [0.25, 0.3) is 0 Å². The van der Waals surface area contributed by atoms with Crippen LogP contribution in [-0.4, -0.2) is 23.1 Å². The maximum absolute atomic E-state index is 8.74. The van der Waals surface area contributed by atoms with Crippen molar-refractivity contribution in [2.24, 2.45) is 0 Å². The monoisotopic (exact) mass is 160 g/mol. The predicted octanol–water partition coefficient (Wildman–Crippen LogP) is -0.546. The highest BCUT2D eigenvalue weighted by atomic mass is 32.3. The molecule has 5 nitrogen and oxygen atoms in total. The largest absolute Gasteiger partial charge is 0.394 e. The number of carbonyl (C=O) groups excluding carboxylic acids is 1. The Hall–Kier alpha value is -0.110. The molecular formula is CH4O5S2. The van der Waals surface area contributed by atoms with Gasteiger partial charge in [0.1, 0.15) is 0 Å². The van der Waals surface area contributed by atoms with E-state index in [1.54, 1.807) is 0 Å². The second-order valence-corrected chi connectivity index (χ2v) is 1.66. The van der Waals surface area contributed by atoms with Gasteiger partial charge in [0.25, 0.3) is 0 Å². The lowest BCUT2D eigenvalue weighted by molar-refractivity contribution is 0.381. The minimum absolute atomic E-state index is 0.444. The summed E-state index contributed by atoms with van der Waals surface area (Å²) in [6.45, 7) is 0. The minimum atomic E-state index is -4.67. The van der Waals surface area contributed by atoms with Crippen molar-refractivity contribution < 1.29 is 22.3 Å². The number of thiol groups is 1. The second-order valence-electron chi connectivity index (χ2n) is 0.553. The van der Waals surface area contributed by atoms with Crippen molar-refractivity contribution in [1.82, 2.24) is 0 Å². The SMILES string of the molecule is O=CS.O=S(=O)(O)O. The highest BCUT2D eigenvalue weighted by molar-refractivity contribution is 7.94. The first-order valence-electron chi connectivity index (χ1n) is 1.19. The van der Waals surface area contributed by atoms with E-state index in [1.165, 1.54) is 0 Å². The van der Waals surface area contributed by atoms with Gasteiger partial charge >= 0.3 is 10.4 Å². The Balaban J connectivity index is 0. The van der Waals surface area contributed by atoms with Crippen molar-refractivity contribution in [2.45, 2.75) is 0 Å². The summed E-state index contributed by atoms with van der Waals surface area (Å²) < 4.78 is 31.6. The summed E-state index contributed by atoms with van der Waals surface area (Å²) in [6, 6.07) is 0. The third-order valence-corrected chi connectivity index (χ3v) is 0. The zero-order valence-corrected chi connectivity index (χ0v) is 5.26. The Morgan fingerprint density at radius 1 is 1.38 bits per heavy atom. The predicted molar refractivity (Wildman–Crippen MR) is 29.9 cm³/mol. The minimum Gasteiger partial charge on any atom is -0.291 e. The normalized spacial score (nSPS) is 8.88. The van der Waals surface area contributed by atoms with Crippen molar-refractivity contribution in [3.05, 3.63) is 0 Å². The van der Waals surface area contributed by atoms with Crippen LogP contribution >= 0.6 is 12.6 Å². The van der Waals surface area contributed by atoms with Crippen LogP contribution < -0.4 is 0 Å². The van der Waals surface area contributed by atoms with Crippen molar-refractivity contribution in [1.29, 1.82) is 0 Å². The second kappa shape index (κ2) is 5.04. The summed E-state index contributed by atoms with van der Waals surface area (Å²) in [5.41, 5.74) is 0.444. The van der Waals surface area contributed by atoms with Gasteiger partial charge in [-0.05, 0) is 0 Å². The van der Waals surface area contributed by atoms with Gasteiger partial charge < -0.3 is 0 Å². The molecule has 0 amide bonds. The Labute approximate surface area is 51.7 Å². The molecule has 0 aromatic heterocycles. The molecule has 0 unspecified atom stereocenters. The molecule has 0 fully saturated rings. The molecule has 0 spiro atoms. The Bertz CT molecular complexity index is 125. The highest BCUT2D eigenvalue weighted by Gasteiger charge is 1.84. The van der Waals surface area contributed by atoms with Crippen molar-refractivity contribution in [3.63, 3.8) is 0 Å². The molecule has 50 valence electrons. The van der Waals surface area contributed by atoms with Crippen molar-refractivity contribution in [3.8, 4) is 0 Å². The summed E-state index contributed by atoms with van der Waals surface area (Å²) in [4.78, 5) is 8.67. The standard InChI is InChI=1S/CH2OS.H2O4S/c2-1-3;1-5(2,3)4/h1H,(H,2,3);(H2,1,2,3,4). The van der Waals surface area contributed by atoms with Crippen LogP contribution in [0.5, 0.6) is 0 Å². The Morgan fingerprint density at radius 3 is 1.38 bits per heavy atom. The fourth-order valence-corrected chi connectivity index (χ4v) is 0. The lowest BCUT2D eigenvalue weighted by Crippen LogP contribution is -1.89. The highest BCUT2D eigenvalue weighted by Crippen LogP contribution is 1.59. The Morgan fingerprint density at radius 2 is 1.38 bits per heavy atom. The number of hydrogen-bond donors (Lipinski definition) is 3. The molecule has 0 aliphatic heterocycles. The molecule has 0 atom stereocenters. The molecular weight excluding hydrogens is 156 g/mol. The molecule has 0 heterocycles. The van der Waals surface area contributed by atoms with Crippen LogP contribution in [0, 0.1) is 0 Å². The van der Waals surface area contributed by atoms with E-state index in [1.807, 2.05) is 0 Å². The van der Waals surface area contributed by atoms with Gasteiger partial charge in [-0.15, -0.1) is 12.6 Å². The number of hydrogen-bond acceptors (Lipinski definition) is 3. The quantitative estimate of drug-likeness (QED) is 0.251. The fraction of sp³-hybridized carbons (Fsp3) is 0. The van der Waals surface area contributed by atoms with E-state index in [4.69, 9.17) is 22.3 Å². The first kappa shape index (κ1) is 10.8. The van der Waals surface area contributed by atoms with Gasteiger partial charge in [0.2, 0.25) is 0 Å². The molecule has 0 saturated heterocycles. The summed E-state index contributed by atoms with van der Waals surface area (Å²) in [6.07, 6.45) is 0. The maximum Gasteiger partial charge on any atom is 0.394 e. The molecule has 2 N–H and O–H groups in total. The van der Waals surface area contributed by atoms with Crippen molar-refractivity contribution >= 4 is 28.6 Å². The van der Waals surface area contributed by atoms with Crippen LogP contribution in [-0.2, 0) is 15.2 Å². The maximum atomic E-state index is 8.74. The van der Waals surface area contributed by atoms with Crippen molar-refractivity contribution in [2.75, 3.05) is 0 Å². The molecule has 0 saturated carbocycles. The van der Waals surface area contributed by atoms with E-state index in [-0.39, 0.29) is 0 Å². The molecule has 0 aliphatic rings. The third-order valence-electron chi connectivity index (χ3n) is 0. The van der Waals surface area contributed by atoms with Gasteiger partial charge in [-0.25, -0.2) is 0 Å². The van der Waals surface area contributed by atoms with Gasteiger partial charge in [-0.1, -0.05) is 0 Å². The topological polar surface area (TPSA) is 91.7 Å². The lowest BCUT2D eigenvalue weighted by Gasteiger charge is -1.68. The average Bonchev–Trinajstić information content (AvgIpc) is 1.27. The van der Waals surface area contributed by atoms with Crippen LogP contribution in [0.3, 0.4) is 0 Å². The zero-order valence-electron chi connectivity index (χ0n) is 3.55. The molecule has 7 heteroatoms. The summed E-state index contributed by atoms with van der Waals surface area (Å²) in [5.74, 6) is 0. The molecule has 0 aromatic rings. The third kappa shape index (κ3) is 11600. The average molecular weight is 160 g/mol. The zero-order chi connectivity index (χ0) is 7.21. The fourth-order valence-electron chi connectivity index (χ4n) is 0. The van der Waals surface area contributed by atoms with E-state index in [0.717, 1.165) is 0 Å².